The molecule has 5 heteroatoms. The molecular formula is C27H23N3O2. The molecule has 5 nitrogen and oxygen atoms in total. The van der Waals surface area contributed by atoms with Crippen molar-refractivity contribution in [2.24, 2.45) is 5.73 Å². The Morgan fingerprint density at radius 3 is 2.44 bits per heavy atom. The van der Waals surface area contributed by atoms with Crippen LogP contribution in [0.1, 0.15) is 21.5 Å². The summed E-state index contributed by atoms with van der Waals surface area (Å²) in [4.78, 5) is 15.8. The molecule has 4 aromatic carbocycles. The molecule has 5 aromatic rings. The van der Waals surface area contributed by atoms with E-state index in [1.54, 1.807) is 12.1 Å². The summed E-state index contributed by atoms with van der Waals surface area (Å²) in [7, 11) is 0. The number of carbonyl (C=O) groups is 1. The highest BCUT2D eigenvalue weighted by Gasteiger charge is 2.20. The van der Waals surface area contributed by atoms with Crippen molar-refractivity contribution >= 4 is 33.4 Å². The molecule has 6 N–H and O–H groups in total. The van der Waals surface area contributed by atoms with E-state index in [1.807, 2.05) is 62.4 Å². The molecule has 0 spiro atoms. The van der Waals surface area contributed by atoms with Crippen LogP contribution in [0.3, 0.4) is 0 Å². The minimum atomic E-state index is -0.591. The molecule has 0 aliphatic carbocycles. The van der Waals surface area contributed by atoms with Crippen molar-refractivity contribution in [1.29, 1.82) is 0 Å². The van der Waals surface area contributed by atoms with Gasteiger partial charge in [-0.1, -0.05) is 36.4 Å². The summed E-state index contributed by atoms with van der Waals surface area (Å²) in [6.45, 7) is 3.80. The molecule has 5 rings (SSSR count). The Kier molecular flexibility index (Phi) is 4.41. The van der Waals surface area contributed by atoms with E-state index < -0.39 is 5.91 Å². The van der Waals surface area contributed by atoms with Gasteiger partial charge in [0, 0.05) is 27.4 Å². The standard InChI is InChI=1S/C27H23N3O2/c1-14-10-11-23(31)15(2)24(14)19-12-16(13-20(26(19)28)27(29)32)17-7-5-9-22-25(17)18-6-3-4-8-21(18)30-22/h3-13,30-31H,28H2,1-2H3,(H2,29,32). The number of primary amides is 1. The maximum Gasteiger partial charge on any atom is 0.250 e. The van der Waals surface area contributed by atoms with Crippen LogP contribution in [0.2, 0.25) is 0 Å². The molecular weight excluding hydrogens is 398 g/mol. The largest absolute Gasteiger partial charge is 0.508 e. The van der Waals surface area contributed by atoms with Gasteiger partial charge in [0.1, 0.15) is 5.75 Å². The predicted molar refractivity (Wildman–Crippen MR) is 131 cm³/mol. The number of benzene rings is 4. The van der Waals surface area contributed by atoms with Gasteiger partial charge in [0.05, 0.1) is 11.3 Å². The molecule has 0 fully saturated rings. The number of nitrogens with one attached hydrogen (secondary N) is 1. The monoisotopic (exact) mass is 421 g/mol. The molecule has 1 aromatic heterocycles. The van der Waals surface area contributed by atoms with Crippen LogP contribution in [0.15, 0.2) is 66.7 Å². The number of phenolic OH excluding ortho intramolecular Hbond substituents is 1. The highest BCUT2D eigenvalue weighted by Crippen LogP contribution is 2.42. The van der Waals surface area contributed by atoms with Gasteiger partial charge >= 0.3 is 0 Å². The van der Waals surface area contributed by atoms with Crippen LogP contribution in [0.4, 0.5) is 5.69 Å². The molecule has 0 bridgehead atoms. The third kappa shape index (κ3) is 2.90. The molecule has 0 aliphatic heterocycles. The van der Waals surface area contributed by atoms with Crippen molar-refractivity contribution in [2.75, 3.05) is 5.73 Å². The number of aromatic hydroxyl groups is 1. The number of aryl methyl sites for hydroxylation is 1. The molecule has 0 radical (unpaired) electrons. The first-order valence-electron chi connectivity index (χ1n) is 10.4. The fourth-order valence-electron chi connectivity index (χ4n) is 4.61. The molecule has 0 saturated carbocycles. The Balaban J connectivity index is 1.88. The smallest absolute Gasteiger partial charge is 0.250 e. The minimum Gasteiger partial charge on any atom is -0.508 e. The number of nitrogens with two attached hydrogens (primary N) is 2. The quantitative estimate of drug-likeness (QED) is 0.283. The van der Waals surface area contributed by atoms with Gasteiger partial charge in [0.25, 0.3) is 5.91 Å². The Labute approximate surface area is 185 Å². The Hall–Kier alpha value is -4.25. The second-order valence-electron chi connectivity index (χ2n) is 8.15. The predicted octanol–water partition coefficient (Wildman–Crippen LogP) is 5.66. The van der Waals surface area contributed by atoms with Gasteiger partial charge in [-0.2, -0.15) is 0 Å². The van der Waals surface area contributed by atoms with Gasteiger partial charge in [-0.25, -0.2) is 0 Å². The van der Waals surface area contributed by atoms with Crippen LogP contribution in [0.5, 0.6) is 5.75 Å². The summed E-state index contributed by atoms with van der Waals surface area (Å²) < 4.78 is 0. The van der Waals surface area contributed by atoms with Crippen LogP contribution < -0.4 is 11.5 Å². The van der Waals surface area contributed by atoms with Gasteiger partial charge in [0.15, 0.2) is 0 Å². The number of aromatic nitrogens is 1. The van der Waals surface area contributed by atoms with Crippen molar-refractivity contribution in [3.63, 3.8) is 0 Å². The summed E-state index contributed by atoms with van der Waals surface area (Å²) >= 11 is 0. The van der Waals surface area contributed by atoms with Crippen LogP contribution in [-0.4, -0.2) is 16.0 Å². The molecule has 158 valence electrons. The van der Waals surface area contributed by atoms with Crippen LogP contribution in [0.25, 0.3) is 44.1 Å². The molecule has 0 aliphatic rings. The first-order chi connectivity index (χ1) is 15.4. The van der Waals surface area contributed by atoms with Crippen molar-refractivity contribution in [1.82, 2.24) is 4.98 Å². The summed E-state index contributed by atoms with van der Waals surface area (Å²) in [6.07, 6.45) is 0. The summed E-state index contributed by atoms with van der Waals surface area (Å²) in [5.41, 5.74) is 19.7. The van der Waals surface area contributed by atoms with Crippen molar-refractivity contribution in [2.45, 2.75) is 13.8 Å². The van der Waals surface area contributed by atoms with E-state index >= 15 is 0 Å². The first kappa shape index (κ1) is 19.7. The Morgan fingerprint density at radius 1 is 0.906 bits per heavy atom. The maximum absolute atomic E-state index is 12.3. The van der Waals surface area contributed by atoms with Crippen molar-refractivity contribution in [3.8, 4) is 28.0 Å². The Bertz CT molecular complexity index is 1550. The number of phenols is 1. The minimum absolute atomic E-state index is 0.176. The fraction of sp³-hybridized carbons (Fsp3) is 0.0741. The molecule has 32 heavy (non-hydrogen) atoms. The number of carbonyl (C=O) groups excluding carboxylic acids is 1. The SMILES string of the molecule is Cc1ccc(O)c(C)c1-c1cc(-c2cccc3[nH]c4ccccc4c23)cc(C(N)=O)c1N. The number of hydrogen-bond acceptors (Lipinski definition) is 3. The highest BCUT2D eigenvalue weighted by atomic mass is 16.3. The maximum atomic E-state index is 12.3. The van der Waals surface area contributed by atoms with E-state index in [-0.39, 0.29) is 11.3 Å². The van der Waals surface area contributed by atoms with Crippen molar-refractivity contribution < 1.29 is 9.90 Å². The number of hydrogen-bond donors (Lipinski definition) is 4. The van der Waals surface area contributed by atoms with Gasteiger partial charge < -0.3 is 21.6 Å². The Morgan fingerprint density at radius 2 is 1.66 bits per heavy atom. The number of fused-ring (bicyclic) bond motifs is 3. The van der Waals surface area contributed by atoms with Gasteiger partial charge in [-0.15, -0.1) is 0 Å². The number of H-pyrrole nitrogens is 1. The van der Waals surface area contributed by atoms with E-state index in [0.717, 1.165) is 44.1 Å². The normalized spacial score (nSPS) is 11.3. The van der Waals surface area contributed by atoms with E-state index in [1.165, 1.54) is 0 Å². The summed E-state index contributed by atoms with van der Waals surface area (Å²) in [5.74, 6) is -0.415. The van der Waals surface area contributed by atoms with E-state index in [0.29, 0.717) is 16.8 Å². The zero-order valence-corrected chi connectivity index (χ0v) is 17.9. The summed E-state index contributed by atoms with van der Waals surface area (Å²) in [5, 5.41) is 12.5. The molecule has 1 amide bonds. The number of anilines is 1. The second-order valence-corrected chi connectivity index (χ2v) is 8.15. The lowest BCUT2D eigenvalue weighted by molar-refractivity contribution is 0.100. The topological polar surface area (TPSA) is 105 Å². The third-order valence-electron chi connectivity index (χ3n) is 6.20. The molecule has 0 saturated heterocycles. The van der Waals surface area contributed by atoms with Gasteiger partial charge in [-0.05, 0) is 72.0 Å². The van der Waals surface area contributed by atoms with E-state index in [9.17, 15) is 9.90 Å². The molecule has 0 unspecified atom stereocenters. The zero-order valence-electron chi connectivity index (χ0n) is 17.9. The van der Waals surface area contributed by atoms with Gasteiger partial charge in [-0.3, -0.25) is 4.79 Å². The van der Waals surface area contributed by atoms with Crippen LogP contribution in [0, 0.1) is 13.8 Å². The van der Waals surface area contributed by atoms with E-state index in [4.69, 9.17) is 11.5 Å². The molecule has 0 atom stereocenters. The van der Waals surface area contributed by atoms with Crippen molar-refractivity contribution in [3.05, 3.63) is 83.4 Å². The number of rotatable bonds is 3. The number of nitrogen functional groups attached to an aromatic ring is 1. The van der Waals surface area contributed by atoms with Crippen LogP contribution >= 0.6 is 0 Å². The lowest BCUT2D eigenvalue weighted by atomic mass is 9.88. The first-order valence-corrected chi connectivity index (χ1v) is 10.4. The third-order valence-corrected chi connectivity index (χ3v) is 6.20. The highest BCUT2D eigenvalue weighted by molar-refractivity contribution is 6.15. The lowest BCUT2D eigenvalue weighted by Crippen LogP contribution is -2.14. The van der Waals surface area contributed by atoms with Gasteiger partial charge in [0.2, 0.25) is 0 Å². The molecule has 1 heterocycles. The number of para-hydroxylation sites is 1. The summed E-state index contributed by atoms with van der Waals surface area (Å²) in [6, 6.07) is 21.4. The number of amides is 1. The second kappa shape index (κ2) is 7.17. The zero-order chi connectivity index (χ0) is 22.6. The van der Waals surface area contributed by atoms with Crippen LogP contribution in [-0.2, 0) is 0 Å². The average molecular weight is 422 g/mol. The fourth-order valence-corrected chi connectivity index (χ4v) is 4.61. The lowest BCUT2D eigenvalue weighted by Gasteiger charge is -2.18. The van der Waals surface area contributed by atoms with E-state index in [2.05, 4.69) is 11.1 Å². The average Bonchev–Trinajstić information content (AvgIpc) is 3.16. The number of aromatic amines is 1.